The summed E-state index contributed by atoms with van der Waals surface area (Å²) in [6.45, 7) is 7.69. The van der Waals surface area contributed by atoms with Crippen LogP contribution in [0.15, 0.2) is 23.5 Å². The summed E-state index contributed by atoms with van der Waals surface area (Å²) >= 11 is 0. The van der Waals surface area contributed by atoms with E-state index in [4.69, 9.17) is 4.74 Å². The predicted molar refractivity (Wildman–Crippen MR) is 98.5 cm³/mol. The first-order valence-electron chi connectivity index (χ1n) is 6.87. The number of nitrogens with zero attached hydrogens (tertiary/aromatic N) is 2. The summed E-state index contributed by atoms with van der Waals surface area (Å²) in [7, 11) is 3.48. The van der Waals surface area contributed by atoms with Crippen molar-refractivity contribution in [2.24, 2.45) is 4.99 Å². The van der Waals surface area contributed by atoms with Crippen LogP contribution in [-0.4, -0.2) is 43.8 Å². The second-order valence-corrected chi connectivity index (χ2v) is 5.37. The smallest absolute Gasteiger partial charge is 0.191 e. The summed E-state index contributed by atoms with van der Waals surface area (Å²) in [5.41, 5.74) is 2.32. The Balaban J connectivity index is 0.00000400. The molecule has 0 saturated heterocycles. The second kappa shape index (κ2) is 9.94. The van der Waals surface area contributed by atoms with Gasteiger partial charge in [0, 0.05) is 39.6 Å². The first kappa shape index (κ1) is 20.1. The Kier molecular flexibility index (Phi) is 9.52. The molecule has 1 heterocycles. The van der Waals surface area contributed by atoms with Crippen LogP contribution < -0.4 is 10.6 Å². The zero-order valence-corrected chi connectivity index (χ0v) is 15.9. The fourth-order valence-corrected chi connectivity index (χ4v) is 1.69. The van der Waals surface area contributed by atoms with Crippen LogP contribution in [0, 0.1) is 6.92 Å². The molecule has 0 spiro atoms. The molecule has 0 unspecified atom stereocenters. The maximum absolute atomic E-state index is 5.37. The fraction of sp³-hybridized carbons (Fsp3) is 0.600. The van der Waals surface area contributed by atoms with Gasteiger partial charge in [0.25, 0.3) is 0 Å². The molecular weight excluding hydrogens is 379 g/mol. The highest BCUT2D eigenvalue weighted by atomic mass is 127. The van der Waals surface area contributed by atoms with E-state index in [0.29, 0.717) is 6.54 Å². The molecule has 6 heteroatoms. The van der Waals surface area contributed by atoms with E-state index in [1.165, 1.54) is 11.1 Å². The predicted octanol–water partition coefficient (Wildman–Crippen LogP) is 2.14. The van der Waals surface area contributed by atoms with Crippen molar-refractivity contribution in [2.45, 2.75) is 32.8 Å². The van der Waals surface area contributed by atoms with E-state index in [0.717, 1.165) is 18.9 Å². The highest BCUT2D eigenvalue weighted by Crippen LogP contribution is 2.05. The second-order valence-electron chi connectivity index (χ2n) is 5.37. The number of methoxy groups -OCH3 is 1. The van der Waals surface area contributed by atoms with Crippen LogP contribution in [0.25, 0.3) is 0 Å². The average Bonchev–Trinajstić information content (AvgIpc) is 2.44. The topological polar surface area (TPSA) is 58.5 Å². The molecule has 2 N–H and O–H groups in total. The zero-order chi connectivity index (χ0) is 15.0. The molecule has 0 aliphatic carbocycles. The first-order valence-corrected chi connectivity index (χ1v) is 6.87. The Morgan fingerprint density at radius 2 is 2.10 bits per heavy atom. The summed E-state index contributed by atoms with van der Waals surface area (Å²) < 4.78 is 5.37. The van der Waals surface area contributed by atoms with E-state index >= 15 is 0 Å². The summed E-state index contributed by atoms with van der Waals surface area (Å²) in [4.78, 5) is 8.31. The number of aliphatic imine (C=N–C) groups is 1. The molecule has 5 nitrogen and oxygen atoms in total. The minimum Gasteiger partial charge on any atom is -0.377 e. The van der Waals surface area contributed by atoms with Gasteiger partial charge in [0.15, 0.2) is 5.96 Å². The Bertz CT molecular complexity index is 449. The van der Waals surface area contributed by atoms with E-state index in [-0.39, 0.29) is 29.6 Å². The van der Waals surface area contributed by atoms with Crippen molar-refractivity contribution >= 4 is 29.9 Å². The normalized spacial score (nSPS) is 11.8. The molecule has 0 bridgehead atoms. The van der Waals surface area contributed by atoms with Gasteiger partial charge in [-0.05, 0) is 44.4 Å². The quantitative estimate of drug-likeness (QED) is 0.432. The number of hydrogen-bond donors (Lipinski definition) is 2. The summed E-state index contributed by atoms with van der Waals surface area (Å²) in [5, 5.41) is 6.57. The minimum absolute atomic E-state index is 0. The summed E-state index contributed by atoms with van der Waals surface area (Å²) in [5.74, 6) is 0.793. The SMILES string of the molecule is CN=C(NCCc1ccncc1C)NCC(C)(C)OC.I. The van der Waals surface area contributed by atoms with Gasteiger partial charge in [0.2, 0.25) is 0 Å². The van der Waals surface area contributed by atoms with Gasteiger partial charge in [-0.25, -0.2) is 0 Å². The molecule has 120 valence electrons. The zero-order valence-electron chi connectivity index (χ0n) is 13.6. The van der Waals surface area contributed by atoms with E-state index in [2.05, 4.69) is 33.6 Å². The Hall–Kier alpha value is -0.890. The lowest BCUT2D eigenvalue weighted by Crippen LogP contribution is -2.45. The molecule has 0 aliphatic rings. The Morgan fingerprint density at radius 1 is 1.38 bits per heavy atom. The standard InChI is InChI=1S/C15H26N4O.HI/c1-12-10-17-8-6-13(12)7-9-18-14(16-4)19-11-15(2,3)20-5;/h6,8,10H,7,9,11H2,1-5H3,(H2,16,18,19);1H. The Morgan fingerprint density at radius 3 is 2.67 bits per heavy atom. The molecule has 1 aromatic rings. The molecule has 1 aromatic heterocycles. The number of pyridine rings is 1. The highest BCUT2D eigenvalue weighted by Gasteiger charge is 2.16. The minimum atomic E-state index is -0.209. The molecule has 0 aromatic carbocycles. The molecule has 0 radical (unpaired) electrons. The molecule has 0 fully saturated rings. The molecule has 0 saturated carbocycles. The van der Waals surface area contributed by atoms with Crippen LogP contribution in [0.2, 0.25) is 0 Å². The molecule has 1 rings (SSSR count). The van der Waals surface area contributed by atoms with Gasteiger partial charge in [-0.3, -0.25) is 9.98 Å². The van der Waals surface area contributed by atoms with Crippen molar-refractivity contribution < 1.29 is 4.74 Å². The number of rotatable bonds is 6. The first-order chi connectivity index (χ1) is 9.48. The number of nitrogens with one attached hydrogen (secondary N) is 2. The highest BCUT2D eigenvalue weighted by molar-refractivity contribution is 14.0. The molecule has 0 aliphatic heterocycles. The maximum atomic E-state index is 5.37. The number of guanidine groups is 1. The largest absolute Gasteiger partial charge is 0.377 e. The fourth-order valence-electron chi connectivity index (χ4n) is 1.69. The van der Waals surface area contributed by atoms with Crippen LogP contribution >= 0.6 is 24.0 Å². The van der Waals surface area contributed by atoms with Crippen molar-refractivity contribution in [3.05, 3.63) is 29.6 Å². The van der Waals surface area contributed by atoms with Gasteiger partial charge in [-0.15, -0.1) is 24.0 Å². The van der Waals surface area contributed by atoms with Gasteiger partial charge in [-0.2, -0.15) is 0 Å². The van der Waals surface area contributed by atoms with Gasteiger partial charge >= 0.3 is 0 Å². The lowest BCUT2D eigenvalue weighted by molar-refractivity contribution is 0.0268. The van der Waals surface area contributed by atoms with Crippen LogP contribution in [0.5, 0.6) is 0 Å². The lowest BCUT2D eigenvalue weighted by Gasteiger charge is -2.24. The maximum Gasteiger partial charge on any atom is 0.191 e. The van der Waals surface area contributed by atoms with Gasteiger partial charge in [0.1, 0.15) is 0 Å². The van der Waals surface area contributed by atoms with Crippen molar-refractivity contribution in [3.63, 3.8) is 0 Å². The number of ether oxygens (including phenoxy) is 1. The molecule has 0 amide bonds. The number of hydrogen-bond acceptors (Lipinski definition) is 3. The van der Waals surface area contributed by atoms with Crippen LogP contribution in [0.1, 0.15) is 25.0 Å². The van der Waals surface area contributed by atoms with E-state index in [9.17, 15) is 0 Å². The summed E-state index contributed by atoms with van der Waals surface area (Å²) in [6.07, 6.45) is 4.67. The monoisotopic (exact) mass is 406 g/mol. The van der Waals surface area contributed by atoms with Crippen LogP contribution in [-0.2, 0) is 11.2 Å². The third-order valence-corrected chi connectivity index (χ3v) is 3.28. The van der Waals surface area contributed by atoms with Gasteiger partial charge in [-0.1, -0.05) is 0 Å². The lowest BCUT2D eigenvalue weighted by atomic mass is 10.1. The van der Waals surface area contributed by atoms with Crippen molar-refractivity contribution in [1.29, 1.82) is 0 Å². The van der Waals surface area contributed by atoms with E-state index in [1.54, 1.807) is 14.2 Å². The average molecular weight is 406 g/mol. The van der Waals surface area contributed by atoms with Crippen molar-refractivity contribution in [1.82, 2.24) is 15.6 Å². The molecule has 0 atom stereocenters. The van der Waals surface area contributed by atoms with Gasteiger partial charge < -0.3 is 15.4 Å². The molecular formula is C15H27IN4O. The number of halogens is 1. The summed E-state index contributed by atoms with van der Waals surface area (Å²) in [6, 6.07) is 2.06. The Labute approximate surface area is 145 Å². The van der Waals surface area contributed by atoms with Crippen LogP contribution in [0.3, 0.4) is 0 Å². The van der Waals surface area contributed by atoms with Crippen molar-refractivity contribution in [3.8, 4) is 0 Å². The van der Waals surface area contributed by atoms with Gasteiger partial charge in [0.05, 0.1) is 5.60 Å². The third kappa shape index (κ3) is 7.61. The molecule has 21 heavy (non-hydrogen) atoms. The van der Waals surface area contributed by atoms with E-state index in [1.807, 2.05) is 26.2 Å². The van der Waals surface area contributed by atoms with Crippen molar-refractivity contribution in [2.75, 3.05) is 27.2 Å². The van der Waals surface area contributed by atoms with Crippen LogP contribution in [0.4, 0.5) is 0 Å². The van der Waals surface area contributed by atoms with E-state index < -0.39 is 0 Å². The number of aromatic nitrogens is 1. The number of aryl methyl sites for hydroxylation is 1. The third-order valence-electron chi connectivity index (χ3n) is 3.28.